The molecule has 0 unspecified atom stereocenters. The average molecular weight is 453 g/mol. The molecule has 0 radical (unpaired) electrons. The Kier molecular flexibility index (Phi) is 5.81. The van der Waals surface area contributed by atoms with Crippen LogP contribution in [0.15, 0.2) is 36.4 Å². The molecule has 4 aliphatic rings. The van der Waals surface area contributed by atoms with Gasteiger partial charge in [-0.05, 0) is 91.1 Å². The van der Waals surface area contributed by atoms with Crippen LogP contribution in [0, 0.1) is 17.2 Å². The van der Waals surface area contributed by atoms with Crippen LogP contribution in [0.25, 0.3) is 11.1 Å². The number of hydrogen-bond donors (Lipinski definition) is 1. The predicted octanol–water partition coefficient (Wildman–Crippen LogP) is 5.34. The van der Waals surface area contributed by atoms with Crippen molar-refractivity contribution >= 4 is 6.09 Å². The Morgan fingerprint density at radius 1 is 1.15 bits per heavy atom. The summed E-state index contributed by atoms with van der Waals surface area (Å²) in [4.78, 5) is 15.3. The molecule has 0 aromatic heterocycles. The highest BCUT2D eigenvalue weighted by molar-refractivity contribution is 5.70. The van der Waals surface area contributed by atoms with Gasteiger partial charge in [0.05, 0.1) is 13.2 Å². The van der Waals surface area contributed by atoms with E-state index < -0.39 is 0 Å². The standard InChI is InChI=1S/C27H33FN2O3/c1-27(2)11-8-19-14-21(17-4-6-20(32-3)7-5-17)23(28)15-22(19)25(27)29-26(31)33-24-16-30-12-9-18(24)10-13-30/h4-7,14-15,18,24-25H,8-13,16H2,1-3H3,(H,29,31)/t24-,25-/m0/s1. The van der Waals surface area contributed by atoms with Crippen molar-refractivity contribution in [1.82, 2.24) is 10.2 Å². The molecule has 3 heterocycles. The molecule has 2 aromatic carbocycles. The topological polar surface area (TPSA) is 50.8 Å². The van der Waals surface area contributed by atoms with Gasteiger partial charge in [0.2, 0.25) is 0 Å². The number of benzene rings is 2. The number of piperidine rings is 3. The Morgan fingerprint density at radius 3 is 2.52 bits per heavy atom. The number of carbonyl (C=O) groups excluding carboxylic acids is 1. The number of halogens is 1. The Labute approximate surface area is 195 Å². The van der Waals surface area contributed by atoms with Gasteiger partial charge in [0.1, 0.15) is 17.7 Å². The van der Waals surface area contributed by atoms with Gasteiger partial charge in [0, 0.05) is 12.1 Å². The number of aryl methyl sites for hydroxylation is 1. The molecule has 0 saturated carbocycles. The zero-order valence-corrected chi connectivity index (χ0v) is 19.7. The van der Waals surface area contributed by atoms with Crippen molar-refractivity contribution in [2.24, 2.45) is 11.3 Å². The molecule has 2 bridgehead atoms. The van der Waals surface area contributed by atoms with Crippen LogP contribution in [0.1, 0.15) is 50.3 Å². The lowest BCUT2D eigenvalue weighted by molar-refractivity contribution is -0.0353. The first-order valence-corrected chi connectivity index (χ1v) is 12.0. The fourth-order valence-corrected chi connectivity index (χ4v) is 5.74. The lowest BCUT2D eigenvalue weighted by Crippen LogP contribution is -2.53. The minimum Gasteiger partial charge on any atom is -0.497 e. The summed E-state index contributed by atoms with van der Waals surface area (Å²) in [6.45, 7) is 7.29. The van der Waals surface area contributed by atoms with Gasteiger partial charge in [-0.1, -0.05) is 26.0 Å². The summed E-state index contributed by atoms with van der Waals surface area (Å²) >= 11 is 0. The van der Waals surface area contributed by atoms with Crippen molar-refractivity contribution < 1.29 is 18.7 Å². The fourth-order valence-electron chi connectivity index (χ4n) is 5.74. The molecule has 3 fully saturated rings. The maximum absolute atomic E-state index is 15.3. The number of carbonyl (C=O) groups is 1. The normalized spacial score (nSPS) is 27.5. The maximum atomic E-state index is 15.3. The van der Waals surface area contributed by atoms with Crippen molar-refractivity contribution in [3.63, 3.8) is 0 Å². The molecule has 3 aliphatic heterocycles. The van der Waals surface area contributed by atoms with Crippen LogP contribution in [0.3, 0.4) is 0 Å². The van der Waals surface area contributed by atoms with E-state index in [-0.39, 0.29) is 29.5 Å². The van der Waals surface area contributed by atoms with Crippen LogP contribution in [0.2, 0.25) is 0 Å². The molecule has 2 aromatic rings. The van der Waals surface area contributed by atoms with Crippen LogP contribution < -0.4 is 10.1 Å². The Balaban J connectivity index is 1.38. The number of fused-ring (bicyclic) bond motifs is 4. The molecular formula is C27H33FN2O3. The predicted molar refractivity (Wildman–Crippen MR) is 126 cm³/mol. The Hall–Kier alpha value is -2.60. The highest BCUT2D eigenvalue weighted by Gasteiger charge is 2.40. The van der Waals surface area contributed by atoms with Gasteiger partial charge >= 0.3 is 6.09 Å². The van der Waals surface area contributed by atoms with E-state index in [2.05, 4.69) is 24.1 Å². The molecule has 5 nitrogen and oxygen atoms in total. The Morgan fingerprint density at radius 2 is 1.88 bits per heavy atom. The quantitative estimate of drug-likeness (QED) is 0.681. The summed E-state index contributed by atoms with van der Waals surface area (Å²) in [6.07, 6.45) is 3.49. The van der Waals surface area contributed by atoms with Crippen LogP contribution in [0.5, 0.6) is 5.75 Å². The summed E-state index contributed by atoms with van der Waals surface area (Å²) in [5.41, 5.74) is 3.12. The molecule has 1 N–H and O–H groups in total. The third-order valence-electron chi connectivity index (χ3n) is 7.88. The van der Waals surface area contributed by atoms with Crippen molar-refractivity contribution in [3.8, 4) is 16.9 Å². The molecule has 0 spiro atoms. The second-order valence-electron chi connectivity index (χ2n) is 10.4. The molecule has 6 rings (SSSR count). The zero-order chi connectivity index (χ0) is 23.2. The van der Waals surface area contributed by atoms with Crippen LogP contribution in [-0.2, 0) is 11.2 Å². The van der Waals surface area contributed by atoms with Crippen LogP contribution in [-0.4, -0.2) is 43.8 Å². The van der Waals surface area contributed by atoms with Crippen molar-refractivity contribution in [3.05, 3.63) is 53.3 Å². The number of rotatable bonds is 4. The SMILES string of the molecule is COc1ccc(-c2cc3c(cc2F)[C@H](NC(=O)O[C@H]2CN4CCC2CC4)C(C)(C)CC3)cc1. The first-order valence-electron chi connectivity index (χ1n) is 12.0. The number of methoxy groups -OCH3 is 1. The van der Waals surface area contributed by atoms with E-state index >= 15 is 4.39 Å². The van der Waals surface area contributed by atoms with Gasteiger partial charge in [-0.15, -0.1) is 0 Å². The largest absolute Gasteiger partial charge is 0.497 e. The lowest BCUT2D eigenvalue weighted by atomic mass is 9.70. The van der Waals surface area contributed by atoms with Gasteiger partial charge in [0.15, 0.2) is 0 Å². The molecule has 176 valence electrons. The number of hydrogen-bond acceptors (Lipinski definition) is 4. The summed E-state index contributed by atoms with van der Waals surface area (Å²) in [5, 5.41) is 3.11. The third-order valence-corrected chi connectivity index (χ3v) is 7.88. The minimum absolute atomic E-state index is 0.0483. The second-order valence-corrected chi connectivity index (χ2v) is 10.4. The zero-order valence-electron chi connectivity index (χ0n) is 19.7. The van der Waals surface area contributed by atoms with Gasteiger partial charge < -0.3 is 14.8 Å². The minimum atomic E-state index is -0.390. The van der Waals surface area contributed by atoms with Gasteiger partial charge in [0.25, 0.3) is 0 Å². The van der Waals surface area contributed by atoms with E-state index in [4.69, 9.17) is 9.47 Å². The molecule has 1 amide bonds. The summed E-state index contributed by atoms with van der Waals surface area (Å²) in [5.74, 6) is 0.913. The molecule has 2 atom stereocenters. The molecule has 6 heteroatoms. The van der Waals surface area contributed by atoms with Crippen molar-refractivity contribution in [2.45, 2.75) is 51.7 Å². The van der Waals surface area contributed by atoms with E-state index in [9.17, 15) is 4.79 Å². The monoisotopic (exact) mass is 452 g/mol. The Bertz CT molecular complexity index is 1030. The lowest BCUT2D eigenvalue weighted by Gasteiger charge is -2.44. The van der Waals surface area contributed by atoms with Gasteiger partial charge in [-0.3, -0.25) is 4.90 Å². The summed E-state index contributed by atoms with van der Waals surface area (Å²) < 4.78 is 26.4. The highest BCUT2D eigenvalue weighted by atomic mass is 19.1. The third kappa shape index (κ3) is 4.33. The van der Waals surface area contributed by atoms with Gasteiger partial charge in [-0.2, -0.15) is 0 Å². The number of amides is 1. The summed E-state index contributed by atoms with van der Waals surface area (Å²) in [7, 11) is 1.62. The van der Waals surface area contributed by atoms with E-state index in [0.717, 1.165) is 67.8 Å². The number of alkyl carbamates (subject to hydrolysis) is 1. The first-order chi connectivity index (χ1) is 15.8. The van der Waals surface area contributed by atoms with E-state index in [1.54, 1.807) is 13.2 Å². The second kappa shape index (κ2) is 8.64. The van der Waals surface area contributed by atoms with Crippen molar-refractivity contribution in [1.29, 1.82) is 0 Å². The van der Waals surface area contributed by atoms with Crippen LogP contribution >= 0.6 is 0 Å². The summed E-state index contributed by atoms with van der Waals surface area (Å²) in [6, 6.07) is 10.7. The molecule has 33 heavy (non-hydrogen) atoms. The van der Waals surface area contributed by atoms with E-state index in [1.807, 2.05) is 30.3 Å². The van der Waals surface area contributed by atoms with Gasteiger partial charge in [-0.25, -0.2) is 9.18 Å². The van der Waals surface area contributed by atoms with E-state index in [0.29, 0.717) is 11.5 Å². The molecular weight excluding hydrogens is 419 g/mol. The van der Waals surface area contributed by atoms with Crippen LogP contribution in [0.4, 0.5) is 9.18 Å². The first kappa shape index (κ1) is 22.2. The maximum Gasteiger partial charge on any atom is 0.407 e. The fraction of sp³-hybridized carbons (Fsp3) is 0.519. The number of ether oxygens (including phenoxy) is 2. The van der Waals surface area contributed by atoms with E-state index in [1.165, 1.54) is 0 Å². The smallest absolute Gasteiger partial charge is 0.407 e. The average Bonchev–Trinajstić information content (AvgIpc) is 2.82. The van der Waals surface area contributed by atoms with Crippen molar-refractivity contribution in [2.75, 3.05) is 26.7 Å². The number of nitrogens with zero attached hydrogens (tertiary/aromatic N) is 1. The highest BCUT2D eigenvalue weighted by Crippen LogP contribution is 2.45. The molecule has 3 saturated heterocycles. The number of nitrogens with one attached hydrogen (secondary N) is 1. The molecule has 1 aliphatic carbocycles.